The molecule has 2 atom stereocenters. The molecule has 10 heteroatoms. The maximum absolute atomic E-state index is 12.9. The van der Waals surface area contributed by atoms with Gasteiger partial charge in [-0.1, -0.05) is 36.4 Å². The number of amides is 1. The molecular formula is C25H28N8O2. The molecule has 0 bridgehead atoms. The SMILES string of the molecule is CC(C)(N)C(=O)N[C@H](Cc1c[nH]c2ccccc12)c1nnnn1[C@H](CC#N)COc1ccccc1. The van der Waals surface area contributed by atoms with Crippen LogP contribution in [0.25, 0.3) is 10.9 Å². The summed E-state index contributed by atoms with van der Waals surface area (Å²) in [7, 11) is 0. The van der Waals surface area contributed by atoms with E-state index in [1.54, 1.807) is 18.5 Å². The highest BCUT2D eigenvalue weighted by molar-refractivity contribution is 5.86. The summed E-state index contributed by atoms with van der Waals surface area (Å²) in [6.45, 7) is 3.46. The largest absolute Gasteiger partial charge is 0.491 e. The van der Waals surface area contributed by atoms with Crippen LogP contribution in [0.4, 0.5) is 0 Å². The van der Waals surface area contributed by atoms with Crippen molar-refractivity contribution in [2.75, 3.05) is 6.61 Å². The van der Waals surface area contributed by atoms with Crippen LogP contribution in [0.3, 0.4) is 0 Å². The fourth-order valence-electron chi connectivity index (χ4n) is 3.79. The predicted molar refractivity (Wildman–Crippen MR) is 130 cm³/mol. The third-order valence-electron chi connectivity index (χ3n) is 5.68. The fourth-order valence-corrected chi connectivity index (χ4v) is 3.79. The molecular weight excluding hydrogens is 444 g/mol. The van der Waals surface area contributed by atoms with Crippen molar-refractivity contribution in [1.29, 1.82) is 5.26 Å². The van der Waals surface area contributed by atoms with Crippen molar-refractivity contribution in [3.8, 4) is 11.8 Å². The van der Waals surface area contributed by atoms with Crippen LogP contribution in [-0.4, -0.2) is 43.2 Å². The molecule has 2 heterocycles. The normalized spacial score (nSPS) is 13.2. The number of ether oxygens (including phenoxy) is 1. The average molecular weight is 473 g/mol. The second kappa shape index (κ2) is 10.4. The number of H-pyrrole nitrogens is 1. The van der Waals surface area contributed by atoms with Gasteiger partial charge in [0.15, 0.2) is 5.82 Å². The molecule has 0 aliphatic rings. The fraction of sp³-hybridized carbons (Fsp3) is 0.320. The molecule has 1 amide bonds. The van der Waals surface area contributed by atoms with E-state index in [0.29, 0.717) is 18.0 Å². The lowest BCUT2D eigenvalue weighted by Gasteiger charge is -2.25. The highest BCUT2D eigenvalue weighted by Crippen LogP contribution is 2.26. The molecule has 2 aromatic carbocycles. The van der Waals surface area contributed by atoms with E-state index >= 15 is 0 Å². The van der Waals surface area contributed by atoms with Gasteiger partial charge in [-0.05, 0) is 48.0 Å². The van der Waals surface area contributed by atoms with Crippen molar-refractivity contribution >= 4 is 16.8 Å². The standard InChI is InChI=1S/C25H28N8O2/c1-25(2,27)24(34)29-22(14-17-15-28-21-11-7-6-10-20(17)21)23-30-31-32-33(23)18(12-13-26)16-35-19-8-4-3-5-9-19/h3-11,15,18,22,28H,12,14,16,27H2,1-2H3,(H,29,34)/t18-,22-/m1/s1. The minimum atomic E-state index is -1.10. The van der Waals surface area contributed by atoms with Crippen LogP contribution in [0.1, 0.15) is 43.7 Å². The van der Waals surface area contributed by atoms with E-state index < -0.39 is 17.6 Å². The number of para-hydroxylation sites is 2. The summed E-state index contributed by atoms with van der Waals surface area (Å²) in [6.07, 6.45) is 2.46. The first-order valence-corrected chi connectivity index (χ1v) is 11.3. The number of aromatic nitrogens is 5. The Morgan fingerprint density at radius 1 is 1.23 bits per heavy atom. The number of nitrogens with two attached hydrogens (primary N) is 1. The number of nitrogens with one attached hydrogen (secondary N) is 2. The first kappa shape index (κ1) is 23.9. The Morgan fingerprint density at radius 3 is 2.71 bits per heavy atom. The Morgan fingerprint density at radius 2 is 1.97 bits per heavy atom. The van der Waals surface area contributed by atoms with Crippen LogP contribution >= 0.6 is 0 Å². The highest BCUT2D eigenvalue weighted by Gasteiger charge is 2.30. The molecule has 0 saturated carbocycles. The molecule has 0 saturated heterocycles. The molecule has 4 N–H and O–H groups in total. The van der Waals surface area contributed by atoms with Crippen LogP contribution in [-0.2, 0) is 11.2 Å². The first-order valence-electron chi connectivity index (χ1n) is 11.3. The maximum Gasteiger partial charge on any atom is 0.240 e. The Labute approximate surface area is 203 Å². The summed E-state index contributed by atoms with van der Waals surface area (Å²) in [5.74, 6) is 0.762. The third-order valence-corrected chi connectivity index (χ3v) is 5.68. The zero-order chi connectivity index (χ0) is 24.8. The van der Waals surface area contributed by atoms with E-state index in [1.807, 2.05) is 60.8 Å². The van der Waals surface area contributed by atoms with Crippen molar-refractivity contribution in [3.63, 3.8) is 0 Å². The van der Waals surface area contributed by atoms with E-state index in [4.69, 9.17) is 10.5 Å². The molecule has 180 valence electrons. The van der Waals surface area contributed by atoms with Gasteiger partial charge in [-0.2, -0.15) is 5.26 Å². The number of nitrogens with zero attached hydrogens (tertiary/aromatic N) is 5. The molecule has 4 aromatic rings. The molecule has 0 aliphatic heterocycles. The Bertz CT molecular complexity index is 1320. The summed E-state index contributed by atoms with van der Waals surface area (Å²) >= 11 is 0. The molecule has 0 spiro atoms. The molecule has 10 nitrogen and oxygen atoms in total. The van der Waals surface area contributed by atoms with Crippen molar-refractivity contribution in [3.05, 3.63) is 72.2 Å². The van der Waals surface area contributed by atoms with Gasteiger partial charge < -0.3 is 20.8 Å². The van der Waals surface area contributed by atoms with Gasteiger partial charge in [-0.15, -0.1) is 5.10 Å². The molecule has 0 unspecified atom stereocenters. The Balaban J connectivity index is 1.66. The number of tetrazole rings is 1. The first-order chi connectivity index (χ1) is 16.9. The van der Waals surface area contributed by atoms with E-state index in [0.717, 1.165) is 16.5 Å². The molecule has 0 aliphatic carbocycles. The van der Waals surface area contributed by atoms with Gasteiger partial charge in [0.2, 0.25) is 5.91 Å². The highest BCUT2D eigenvalue weighted by atomic mass is 16.5. The molecule has 0 radical (unpaired) electrons. The minimum absolute atomic E-state index is 0.126. The average Bonchev–Trinajstić information content (AvgIpc) is 3.49. The van der Waals surface area contributed by atoms with Crippen molar-refractivity contribution in [2.45, 2.75) is 44.3 Å². The maximum atomic E-state index is 12.9. The van der Waals surface area contributed by atoms with Gasteiger partial charge in [0.05, 0.1) is 24.1 Å². The lowest BCUT2D eigenvalue weighted by atomic mass is 10.0. The number of benzene rings is 2. The quantitative estimate of drug-likeness (QED) is 0.321. The second-order valence-electron chi connectivity index (χ2n) is 8.93. The van der Waals surface area contributed by atoms with Gasteiger partial charge >= 0.3 is 0 Å². The second-order valence-corrected chi connectivity index (χ2v) is 8.93. The molecule has 4 rings (SSSR count). The number of carbonyl (C=O) groups excluding carboxylic acids is 1. The van der Waals surface area contributed by atoms with Crippen LogP contribution in [0.15, 0.2) is 60.8 Å². The van der Waals surface area contributed by atoms with E-state index in [2.05, 4.69) is 31.9 Å². The smallest absolute Gasteiger partial charge is 0.240 e. The van der Waals surface area contributed by atoms with Crippen molar-refractivity contribution < 1.29 is 9.53 Å². The Kier molecular flexibility index (Phi) is 7.08. The zero-order valence-electron chi connectivity index (χ0n) is 19.7. The van der Waals surface area contributed by atoms with Gasteiger partial charge in [0, 0.05) is 23.5 Å². The summed E-state index contributed by atoms with van der Waals surface area (Å²) in [5, 5.41) is 25.8. The molecule has 2 aromatic heterocycles. The number of aromatic amines is 1. The van der Waals surface area contributed by atoms with Gasteiger partial charge in [0.25, 0.3) is 0 Å². The van der Waals surface area contributed by atoms with Crippen molar-refractivity contribution in [1.82, 2.24) is 30.5 Å². The van der Waals surface area contributed by atoms with E-state index in [1.165, 1.54) is 0 Å². The number of rotatable bonds is 10. The van der Waals surface area contributed by atoms with E-state index in [-0.39, 0.29) is 18.9 Å². The third kappa shape index (κ3) is 5.65. The van der Waals surface area contributed by atoms with E-state index in [9.17, 15) is 10.1 Å². The number of hydrogen-bond donors (Lipinski definition) is 3. The molecule has 0 fully saturated rings. The topological polar surface area (TPSA) is 148 Å². The van der Waals surface area contributed by atoms with Gasteiger partial charge in [-0.25, -0.2) is 4.68 Å². The number of hydrogen-bond acceptors (Lipinski definition) is 7. The lowest BCUT2D eigenvalue weighted by Crippen LogP contribution is -2.50. The molecule has 35 heavy (non-hydrogen) atoms. The summed E-state index contributed by atoms with van der Waals surface area (Å²) in [5.41, 5.74) is 6.95. The number of nitriles is 1. The Hall–Kier alpha value is -4.23. The van der Waals surface area contributed by atoms with Crippen molar-refractivity contribution in [2.24, 2.45) is 5.73 Å². The zero-order valence-corrected chi connectivity index (χ0v) is 19.7. The summed E-state index contributed by atoms with van der Waals surface area (Å²) in [6, 6.07) is 18.4. The van der Waals surface area contributed by atoms with Crippen LogP contribution in [0, 0.1) is 11.3 Å². The minimum Gasteiger partial charge on any atom is -0.491 e. The van der Waals surface area contributed by atoms with Gasteiger partial charge in [-0.3, -0.25) is 4.79 Å². The predicted octanol–water partition coefficient (Wildman–Crippen LogP) is 2.83. The number of carbonyl (C=O) groups is 1. The van der Waals surface area contributed by atoms with Crippen LogP contribution in [0.2, 0.25) is 0 Å². The lowest BCUT2D eigenvalue weighted by molar-refractivity contribution is -0.126. The number of fused-ring (bicyclic) bond motifs is 1. The summed E-state index contributed by atoms with van der Waals surface area (Å²) < 4.78 is 7.46. The monoisotopic (exact) mass is 472 g/mol. The summed E-state index contributed by atoms with van der Waals surface area (Å²) in [4.78, 5) is 16.1. The van der Waals surface area contributed by atoms with Gasteiger partial charge in [0.1, 0.15) is 18.4 Å². The van der Waals surface area contributed by atoms with Crippen LogP contribution in [0.5, 0.6) is 5.75 Å². The van der Waals surface area contributed by atoms with Crippen LogP contribution < -0.4 is 15.8 Å².